The minimum absolute atomic E-state index is 0.316. The van der Waals surface area contributed by atoms with Crippen molar-refractivity contribution in [3.63, 3.8) is 0 Å². The van der Waals surface area contributed by atoms with Gasteiger partial charge in [0.25, 0.3) is 0 Å². The lowest BCUT2D eigenvalue weighted by Crippen LogP contribution is -2.18. The molecular formula is C10H18O5. The number of aliphatic carboxylic acids is 2. The number of carboxylic acids is 2. The average molecular weight is 218 g/mol. The van der Waals surface area contributed by atoms with Gasteiger partial charge in [0.1, 0.15) is 0 Å². The Hall–Kier alpha value is -1.39. The molecule has 0 bridgehead atoms. The lowest BCUT2D eigenvalue weighted by Gasteiger charge is -1.93. The largest absolute Gasteiger partial charge is 0.481 e. The molecule has 0 aromatic rings. The molecule has 0 spiro atoms. The first-order valence-corrected chi connectivity index (χ1v) is 4.81. The molecule has 0 aliphatic heterocycles. The lowest BCUT2D eigenvalue weighted by atomic mass is 10.1. The van der Waals surface area contributed by atoms with Gasteiger partial charge < -0.3 is 10.2 Å². The van der Waals surface area contributed by atoms with E-state index in [1.165, 1.54) is 0 Å². The van der Waals surface area contributed by atoms with Crippen LogP contribution in [0.25, 0.3) is 0 Å². The number of carboxylic acid groups (broad SMARTS) is 2. The summed E-state index contributed by atoms with van der Waals surface area (Å²) < 4.78 is 0. The number of rotatable bonds is 5. The second-order valence-corrected chi connectivity index (χ2v) is 3.32. The van der Waals surface area contributed by atoms with Crippen LogP contribution in [0.2, 0.25) is 0 Å². The number of carbonyl (C=O) groups is 3. The first-order valence-electron chi connectivity index (χ1n) is 4.81. The summed E-state index contributed by atoms with van der Waals surface area (Å²) in [6.45, 7) is 5.08. The van der Waals surface area contributed by atoms with Crippen molar-refractivity contribution in [3.05, 3.63) is 0 Å². The maximum absolute atomic E-state index is 10.2. The van der Waals surface area contributed by atoms with Crippen molar-refractivity contribution in [1.82, 2.24) is 0 Å². The van der Waals surface area contributed by atoms with Crippen LogP contribution in [0.3, 0.4) is 0 Å². The fourth-order valence-corrected chi connectivity index (χ4v) is 0.575. The predicted molar refractivity (Wildman–Crippen MR) is 54.6 cm³/mol. The van der Waals surface area contributed by atoms with Gasteiger partial charge >= 0.3 is 11.9 Å². The van der Waals surface area contributed by atoms with Crippen LogP contribution >= 0.6 is 0 Å². The van der Waals surface area contributed by atoms with Gasteiger partial charge in [-0.05, 0) is 6.42 Å². The van der Waals surface area contributed by atoms with Crippen LogP contribution in [0, 0.1) is 5.92 Å². The fraction of sp³-hybridized carbons (Fsp3) is 0.700. The highest BCUT2D eigenvalue weighted by Gasteiger charge is 2.14. The van der Waals surface area contributed by atoms with Crippen molar-refractivity contribution in [1.29, 1.82) is 0 Å². The number of hydrogen-bond acceptors (Lipinski definition) is 3. The minimum Gasteiger partial charge on any atom is -0.481 e. The van der Waals surface area contributed by atoms with Crippen LogP contribution < -0.4 is 0 Å². The molecule has 0 heterocycles. The molecule has 15 heavy (non-hydrogen) atoms. The molecule has 0 aliphatic rings. The van der Waals surface area contributed by atoms with E-state index in [2.05, 4.69) is 0 Å². The zero-order chi connectivity index (χ0) is 12.4. The Bertz CT molecular complexity index is 220. The van der Waals surface area contributed by atoms with Crippen molar-refractivity contribution in [2.24, 2.45) is 5.92 Å². The molecule has 0 unspecified atom stereocenters. The molecule has 0 aromatic heterocycles. The van der Waals surface area contributed by atoms with E-state index in [-0.39, 0.29) is 0 Å². The first kappa shape index (κ1) is 16.1. The maximum Gasteiger partial charge on any atom is 0.372 e. The van der Waals surface area contributed by atoms with E-state index in [0.29, 0.717) is 6.42 Å². The number of hydrogen-bond donors (Lipinski definition) is 2. The van der Waals surface area contributed by atoms with Gasteiger partial charge in [0, 0.05) is 12.3 Å². The Labute approximate surface area is 89.1 Å². The highest BCUT2D eigenvalue weighted by atomic mass is 16.4. The van der Waals surface area contributed by atoms with Crippen LogP contribution in [-0.4, -0.2) is 27.9 Å². The molecule has 5 heteroatoms. The lowest BCUT2D eigenvalue weighted by molar-refractivity contribution is -0.150. The zero-order valence-corrected chi connectivity index (χ0v) is 9.32. The van der Waals surface area contributed by atoms with E-state index >= 15 is 0 Å². The van der Waals surface area contributed by atoms with Crippen molar-refractivity contribution >= 4 is 17.7 Å². The Balaban J connectivity index is 0. The first-order chi connectivity index (χ1) is 6.82. The number of Topliss-reactive ketones (excluding diaryl/α,β-unsaturated/α-hetero) is 1. The summed E-state index contributed by atoms with van der Waals surface area (Å²) in [5.41, 5.74) is 0. The highest BCUT2D eigenvalue weighted by molar-refractivity contribution is 6.33. The Morgan fingerprint density at radius 1 is 1.13 bits per heavy atom. The normalized spacial score (nSPS) is 9.07. The van der Waals surface area contributed by atoms with E-state index in [9.17, 15) is 14.4 Å². The summed E-state index contributed by atoms with van der Waals surface area (Å²) >= 11 is 0. The monoisotopic (exact) mass is 218 g/mol. The fourth-order valence-electron chi connectivity index (χ4n) is 0.575. The topological polar surface area (TPSA) is 91.7 Å². The van der Waals surface area contributed by atoms with Gasteiger partial charge in [0.05, 0.1) is 0 Å². The van der Waals surface area contributed by atoms with E-state index in [1.54, 1.807) is 13.8 Å². The highest BCUT2D eigenvalue weighted by Crippen LogP contribution is 1.92. The van der Waals surface area contributed by atoms with Crippen LogP contribution in [0.5, 0.6) is 0 Å². The summed E-state index contributed by atoms with van der Waals surface area (Å²) in [7, 11) is 0. The van der Waals surface area contributed by atoms with Gasteiger partial charge in [-0.1, -0.05) is 27.2 Å². The van der Waals surface area contributed by atoms with Crippen LogP contribution in [0.4, 0.5) is 0 Å². The van der Waals surface area contributed by atoms with Gasteiger partial charge in [0.2, 0.25) is 5.78 Å². The third-order valence-electron chi connectivity index (χ3n) is 1.48. The van der Waals surface area contributed by atoms with Crippen LogP contribution in [-0.2, 0) is 14.4 Å². The Kier molecular flexibility index (Phi) is 9.82. The molecule has 0 atom stereocenters. The predicted octanol–water partition coefficient (Wildman–Crippen LogP) is 1.56. The van der Waals surface area contributed by atoms with E-state index in [0.717, 1.165) is 12.8 Å². The van der Waals surface area contributed by atoms with E-state index in [1.807, 2.05) is 6.92 Å². The van der Waals surface area contributed by atoms with Gasteiger partial charge in [-0.15, -0.1) is 0 Å². The summed E-state index contributed by atoms with van der Waals surface area (Å²) in [5, 5.41) is 16.0. The Morgan fingerprint density at radius 2 is 1.60 bits per heavy atom. The van der Waals surface area contributed by atoms with Gasteiger partial charge in [0.15, 0.2) is 0 Å². The minimum atomic E-state index is -1.35. The molecule has 0 saturated heterocycles. The molecule has 5 nitrogen and oxygen atoms in total. The molecule has 0 aromatic carbocycles. The van der Waals surface area contributed by atoms with Crippen molar-refractivity contribution in [3.8, 4) is 0 Å². The SMILES string of the molecule is CC(C)C(=O)C(=O)O.CCCCC(=O)O. The zero-order valence-electron chi connectivity index (χ0n) is 9.32. The second-order valence-electron chi connectivity index (χ2n) is 3.32. The van der Waals surface area contributed by atoms with Crippen LogP contribution in [0.15, 0.2) is 0 Å². The quantitative estimate of drug-likeness (QED) is 0.683. The molecule has 88 valence electrons. The van der Waals surface area contributed by atoms with E-state index in [4.69, 9.17) is 10.2 Å². The molecule has 0 rings (SSSR count). The molecular weight excluding hydrogens is 200 g/mol. The summed E-state index contributed by atoms with van der Waals surface area (Å²) in [6, 6.07) is 0. The summed E-state index contributed by atoms with van der Waals surface area (Å²) in [6.07, 6.45) is 2.08. The maximum atomic E-state index is 10.2. The van der Waals surface area contributed by atoms with Crippen LogP contribution in [0.1, 0.15) is 40.0 Å². The summed E-state index contributed by atoms with van der Waals surface area (Å²) in [4.78, 5) is 29.8. The van der Waals surface area contributed by atoms with Crippen molar-refractivity contribution in [2.45, 2.75) is 40.0 Å². The third kappa shape index (κ3) is 12.6. The standard InChI is InChI=1S/C5H8O3.C5H10O2/c1-3(2)4(6)5(7)8;1-2-3-4-5(6)7/h3H,1-2H3,(H,7,8);2-4H2,1H3,(H,6,7). The molecule has 0 saturated carbocycles. The van der Waals surface area contributed by atoms with Gasteiger partial charge in [-0.25, -0.2) is 4.79 Å². The van der Waals surface area contributed by atoms with Crippen molar-refractivity contribution < 1.29 is 24.6 Å². The molecule has 0 aliphatic carbocycles. The number of unbranched alkanes of at least 4 members (excludes halogenated alkanes) is 1. The molecule has 0 radical (unpaired) electrons. The van der Waals surface area contributed by atoms with Crippen molar-refractivity contribution in [2.75, 3.05) is 0 Å². The molecule has 0 amide bonds. The summed E-state index contributed by atoms with van der Waals surface area (Å²) in [5.74, 6) is -3.17. The number of ketones is 1. The molecule has 0 fully saturated rings. The smallest absolute Gasteiger partial charge is 0.372 e. The van der Waals surface area contributed by atoms with E-state index < -0.39 is 23.6 Å². The third-order valence-corrected chi connectivity index (χ3v) is 1.48. The average Bonchev–Trinajstić information content (AvgIpc) is 2.14. The number of carbonyl (C=O) groups excluding carboxylic acids is 1. The Morgan fingerprint density at radius 3 is 1.67 bits per heavy atom. The second kappa shape index (κ2) is 9.18. The van der Waals surface area contributed by atoms with Gasteiger partial charge in [-0.3, -0.25) is 9.59 Å². The van der Waals surface area contributed by atoms with Gasteiger partial charge in [-0.2, -0.15) is 0 Å². The molecule has 2 N–H and O–H groups in total.